The molecule has 0 saturated carbocycles. The van der Waals surface area contributed by atoms with Crippen LogP contribution in [0, 0.1) is 0 Å². The number of amidine groups is 1. The Morgan fingerprint density at radius 1 is 1.05 bits per heavy atom. The monoisotopic (exact) mass is 310 g/mol. The molecule has 0 bridgehead atoms. The van der Waals surface area contributed by atoms with E-state index in [0.717, 1.165) is 25.3 Å². The van der Waals surface area contributed by atoms with Crippen LogP contribution in [0.5, 0.6) is 0 Å². The smallest absolute Gasteiger partial charge is 0.305 e. The van der Waals surface area contributed by atoms with Crippen molar-refractivity contribution in [3.8, 4) is 0 Å². The Hall–Kier alpha value is -1.06. The van der Waals surface area contributed by atoms with Crippen LogP contribution in [0.4, 0.5) is 0 Å². The summed E-state index contributed by atoms with van der Waals surface area (Å²) in [6.07, 6.45) is 14.7. The third-order valence-electron chi connectivity index (χ3n) is 4.38. The molecule has 0 radical (unpaired) electrons. The van der Waals surface area contributed by atoms with Crippen molar-refractivity contribution in [3.05, 3.63) is 0 Å². The summed E-state index contributed by atoms with van der Waals surface area (Å²) in [6, 6.07) is 0. The summed E-state index contributed by atoms with van der Waals surface area (Å²) >= 11 is 0. The molecule has 0 unspecified atom stereocenters. The standard InChI is InChI=1S/C18H34N2O2/c1-2-3-4-5-6-7-8-9-10-11-12-17-19-14-16-20(17)15-13-18(21)22/h2-16H2,1H3,(H,21,22). The number of carboxylic acids is 1. The van der Waals surface area contributed by atoms with Crippen LogP contribution >= 0.6 is 0 Å². The average molecular weight is 310 g/mol. The van der Waals surface area contributed by atoms with Crippen molar-refractivity contribution >= 4 is 11.8 Å². The van der Waals surface area contributed by atoms with Gasteiger partial charge in [0, 0.05) is 19.5 Å². The molecule has 128 valence electrons. The van der Waals surface area contributed by atoms with E-state index in [1.165, 1.54) is 64.2 Å². The molecule has 0 saturated heterocycles. The number of unbranched alkanes of at least 4 members (excludes halogenated alkanes) is 9. The largest absolute Gasteiger partial charge is 0.481 e. The van der Waals surface area contributed by atoms with Gasteiger partial charge in [-0.25, -0.2) is 0 Å². The predicted octanol–water partition coefficient (Wildman–Crippen LogP) is 4.49. The van der Waals surface area contributed by atoms with Gasteiger partial charge in [0.05, 0.1) is 18.8 Å². The van der Waals surface area contributed by atoms with E-state index in [1.54, 1.807) is 0 Å². The van der Waals surface area contributed by atoms with Crippen molar-refractivity contribution in [2.75, 3.05) is 19.6 Å². The first-order valence-electron chi connectivity index (χ1n) is 9.24. The fourth-order valence-corrected chi connectivity index (χ4v) is 3.01. The molecule has 1 rings (SSSR count). The van der Waals surface area contributed by atoms with Crippen molar-refractivity contribution in [1.29, 1.82) is 0 Å². The molecule has 0 aromatic carbocycles. The first kappa shape index (κ1) is 19.0. The van der Waals surface area contributed by atoms with Crippen LogP contribution in [0.15, 0.2) is 4.99 Å². The maximum atomic E-state index is 10.6. The van der Waals surface area contributed by atoms with Crippen molar-refractivity contribution in [3.63, 3.8) is 0 Å². The predicted molar refractivity (Wildman–Crippen MR) is 92.6 cm³/mol. The van der Waals surface area contributed by atoms with Crippen LogP contribution in [0.25, 0.3) is 0 Å². The van der Waals surface area contributed by atoms with Crippen molar-refractivity contribution in [2.45, 2.75) is 84.0 Å². The van der Waals surface area contributed by atoms with Gasteiger partial charge in [0.15, 0.2) is 0 Å². The normalized spacial score (nSPS) is 14.4. The highest BCUT2D eigenvalue weighted by atomic mass is 16.4. The van der Waals surface area contributed by atoms with Crippen LogP contribution in [0.1, 0.15) is 84.0 Å². The lowest BCUT2D eigenvalue weighted by Crippen LogP contribution is -2.30. The maximum Gasteiger partial charge on any atom is 0.305 e. The zero-order valence-corrected chi connectivity index (χ0v) is 14.4. The van der Waals surface area contributed by atoms with Crippen LogP contribution in [-0.4, -0.2) is 41.4 Å². The summed E-state index contributed by atoms with van der Waals surface area (Å²) in [5.41, 5.74) is 0. The van der Waals surface area contributed by atoms with Crippen LogP contribution in [0.2, 0.25) is 0 Å². The highest BCUT2D eigenvalue weighted by Gasteiger charge is 2.16. The molecule has 1 heterocycles. The van der Waals surface area contributed by atoms with Crippen molar-refractivity contribution < 1.29 is 9.90 Å². The van der Waals surface area contributed by atoms with E-state index in [2.05, 4.69) is 16.8 Å². The van der Waals surface area contributed by atoms with Gasteiger partial charge < -0.3 is 10.0 Å². The molecule has 22 heavy (non-hydrogen) atoms. The fraction of sp³-hybridized carbons (Fsp3) is 0.889. The van der Waals surface area contributed by atoms with E-state index in [9.17, 15) is 4.79 Å². The summed E-state index contributed by atoms with van der Waals surface area (Å²) in [5.74, 6) is 0.422. The molecule has 0 fully saturated rings. The van der Waals surface area contributed by atoms with E-state index >= 15 is 0 Å². The minimum absolute atomic E-state index is 0.219. The van der Waals surface area contributed by atoms with Gasteiger partial charge in [0.1, 0.15) is 0 Å². The van der Waals surface area contributed by atoms with Gasteiger partial charge in [-0.15, -0.1) is 0 Å². The van der Waals surface area contributed by atoms with Gasteiger partial charge in [-0.2, -0.15) is 0 Å². The second-order valence-corrected chi connectivity index (χ2v) is 6.36. The van der Waals surface area contributed by atoms with E-state index < -0.39 is 5.97 Å². The molecule has 0 aromatic rings. The summed E-state index contributed by atoms with van der Waals surface area (Å²) in [4.78, 5) is 17.3. The Labute approximate surface area is 136 Å². The van der Waals surface area contributed by atoms with Gasteiger partial charge in [-0.05, 0) is 6.42 Å². The lowest BCUT2D eigenvalue weighted by Gasteiger charge is -2.19. The Morgan fingerprint density at radius 3 is 2.23 bits per heavy atom. The number of aliphatic carboxylic acids is 1. The number of aliphatic imine (C=N–C) groups is 1. The van der Waals surface area contributed by atoms with Gasteiger partial charge in [0.2, 0.25) is 0 Å². The Balaban J connectivity index is 1.94. The second-order valence-electron chi connectivity index (χ2n) is 6.36. The van der Waals surface area contributed by atoms with Crippen molar-refractivity contribution in [2.24, 2.45) is 4.99 Å². The van der Waals surface area contributed by atoms with E-state index in [1.807, 2.05) is 0 Å². The number of nitrogens with zero attached hydrogens (tertiary/aromatic N) is 2. The zero-order chi connectivity index (χ0) is 16.0. The molecule has 1 aliphatic heterocycles. The highest BCUT2D eigenvalue weighted by molar-refractivity contribution is 5.84. The number of carbonyl (C=O) groups is 1. The zero-order valence-electron chi connectivity index (χ0n) is 14.4. The molecule has 0 spiro atoms. The Bertz CT molecular complexity index is 329. The molecule has 1 N–H and O–H groups in total. The van der Waals surface area contributed by atoms with Crippen LogP contribution < -0.4 is 0 Å². The summed E-state index contributed by atoms with van der Waals surface area (Å²) in [6.45, 7) is 4.62. The second kappa shape index (κ2) is 12.5. The molecular formula is C18H34N2O2. The highest BCUT2D eigenvalue weighted by Crippen LogP contribution is 2.14. The maximum absolute atomic E-state index is 10.6. The molecule has 0 aliphatic carbocycles. The number of rotatable bonds is 14. The Morgan fingerprint density at radius 2 is 1.64 bits per heavy atom. The lowest BCUT2D eigenvalue weighted by molar-refractivity contribution is -0.137. The third kappa shape index (κ3) is 9.06. The first-order valence-corrected chi connectivity index (χ1v) is 9.24. The summed E-state index contributed by atoms with van der Waals surface area (Å²) in [5, 5.41) is 8.76. The molecule has 4 heteroatoms. The van der Waals surface area contributed by atoms with Crippen LogP contribution in [-0.2, 0) is 4.79 Å². The molecule has 4 nitrogen and oxygen atoms in total. The summed E-state index contributed by atoms with van der Waals surface area (Å²) in [7, 11) is 0. The lowest BCUT2D eigenvalue weighted by atomic mass is 10.1. The van der Waals surface area contributed by atoms with E-state index in [0.29, 0.717) is 6.54 Å². The van der Waals surface area contributed by atoms with Crippen molar-refractivity contribution in [1.82, 2.24) is 4.90 Å². The van der Waals surface area contributed by atoms with E-state index in [-0.39, 0.29) is 6.42 Å². The van der Waals surface area contributed by atoms with E-state index in [4.69, 9.17) is 5.11 Å². The number of carboxylic acid groups (broad SMARTS) is 1. The SMILES string of the molecule is CCCCCCCCCCCCC1=NCCN1CCC(=O)O. The average Bonchev–Trinajstić information content (AvgIpc) is 2.94. The molecule has 0 atom stereocenters. The topological polar surface area (TPSA) is 52.9 Å². The van der Waals surface area contributed by atoms with Gasteiger partial charge in [-0.1, -0.05) is 64.7 Å². The van der Waals surface area contributed by atoms with Gasteiger partial charge >= 0.3 is 5.97 Å². The number of hydrogen-bond acceptors (Lipinski definition) is 3. The van der Waals surface area contributed by atoms with Crippen LogP contribution in [0.3, 0.4) is 0 Å². The molecule has 0 amide bonds. The molecular weight excluding hydrogens is 276 g/mol. The fourth-order valence-electron chi connectivity index (χ4n) is 3.01. The van der Waals surface area contributed by atoms with Gasteiger partial charge in [-0.3, -0.25) is 9.79 Å². The minimum Gasteiger partial charge on any atom is -0.481 e. The minimum atomic E-state index is -0.717. The molecule has 1 aliphatic rings. The Kier molecular flexibility index (Phi) is 10.8. The quantitative estimate of drug-likeness (QED) is 0.481. The molecule has 0 aromatic heterocycles. The third-order valence-corrected chi connectivity index (χ3v) is 4.38. The number of hydrogen-bond donors (Lipinski definition) is 1. The summed E-state index contributed by atoms with van der Waals surface area (Å²) < 4.78 is 0. The van der Waals surface area contributed by atoms with Gasteiger partial charge in [0.25, 0.3) is 0 Å². The first-order chi connectivity index (χ1) is 10.7.